The molecule has 0 radical (unpaired) electrons. The van der Waals surface area contributed by atoms with Gasteiger partial charge in [-0.25, -0.2) is 0 Å². The van der Waals surface area contributed by atoms with E-state index in [-0.39, 0.29) is 11.7 Å². The van der Waals surface area contributed by atoms with E-state index in [1.54, 1.807) is 0 Å². The molecule has 15 heavy (non-hydrogen) atoms. The second-order valence-corrected chi connectivity index (χ2v) is 4.44. The minimum absolute atomic E-state index is 0.254. The van der Waals surface area contributed by atoms with Crippen molar-refractivity contribution in [3.63, 3.8) is 0 Å². The molecule has 2 heteroatoms. The van der Waals surface area contributed by atoms with E-state index >= 15 is 0 Å². The molecule has 0 aromatic rings. The summed E-state index contributed by atoms with van der Waals surface area (Å²) in [5.74, 6) is 0. The van der Waals surface area contributed by atoms with E-state index in [4.69, 9.17) is 4.74 Å². The van der Waals surface area contributed by atoms with Crippen molar-refractivity contribution < 1.29 is 9.84 Å². The molecule has 0 aromatic heterocycles. The average Bonchev–Trinajstić information content (AvgIpc) is 2.27. The lowest BCUT2D eigenvalue weighted by Gasteiger charge is -2.40. The summed E-state index contributed by atoms with van der Waals surface area (Å²) < 4.78 is 5.84. The molecule has 1 unspecified atom stereocenters. The van der Waals surface area contributed by atoms with Gasteiger partial charge in [0.2, 0.25) is 0 Å². The van der Waals surface area contributed by atoms with Gasteiger partial charge in [0, 0.05) is 6.61 Å². The van der Waals surface area contributed by atoms with E-state index in [1.165, 1.54) is 19.3 Å². The van der Waals surface area contributed by atoms with Crippen molar-refractivity contribution in [3.8, 4) is 0 Å². The van der Waals surface area contributed by atoms with Gasteiger partial charge in [0.05, 0.1) is 11.7 Å². The van der Waals surface area contributed by atoms with Crippen LogP contribution in [0.4, 0.5) is 0 Å². The lowest BCUT2D eigenvalue weighted by molar-refractivity contribution is -0.141. The number of allylic oxidation sites excluding steroid dienone is 1. The standard InChI is InChI=1S/C13H24O2/c1-3-5-9-12(14)13(15-4-2)10-7-6-8-11-13/h3,12,14H,1,4-11H2,2H3. The number of hydrogen-bond acceptors (Lipinski definition) is 2. The molecular weight excluding hydrogens is 188 g/mol. The Morgan fingerprint density at radius 2 is 2.07 bits per heavy atom. The molecule has 1 N–H and O–H groups in total. The molecule has 0 heterocycles. The van der Waals surface area contributed by atoms with Crippen LogP contribution in [0.25, 0.3) is 0 Å². The fraction of sp³-hybridized carbons (Fsp3) is 0.846. The third-order valence-corrected chi connectivity index (χ3v) is 3.38. The molecule has 0 amide bonds. The summed E-state index contributed by atoms with van der Waals surface area (Å²) in [6, 6.07) is 0. The molecule has 0 spiro atoms. The predicted molar refractivity (Wildman–Crippen MR) is 62.9 cm³/mol. The van der Waals surface area contributed by atoms with Crippen molar-refractivity contribution in [2.24, 2.45) is 0 Å². The van der Waals surface area contributed by atoms with E-state index in [0.717, 1.165) is 25.7 Å². The van der Waals surface area contributed by atoms with Gasteiger partial charge in [-0.15, -0.1) is 6.58 Å². The summed E-state index contributed by atoms with van der Waals surface area (Å²) in [5.41, 5.74) is -0.254. The third-order valence-electron chi connectivity index (χ3n) is 3.38. The highest BCUT2D eigenvalue weighted by Crippen LogP contribution is 2.36. The topological polar surface area (TPSA) is 29.5 Å². The Morgan fingerprint density at radius 1 is 1.40 bits per heavy atom. The first kappa shape index (κ1) is 12.7. The second kappa shape index (κ2) is 6.29. The van der Waals surface area contributed by atoms with Crippen molar-refractivity contribution in [1.82, 2.24) is 0 Å². The van der Waals surface area contributed by atoms with E-state index in [9.17, 15) is 5.11 Å². The lowest BCUT2D eigenvalue weighted by atomic mass is 9.79. The van der Waals surface area contributed by atoms with Crippen LogP contribution in [0.1, 0.15) is 51.9 Å². The summed E-state index contributed by atoms with van der Waals surface area (Å²) in [6.07, 6.45) is 8.87. The van der Waals surface area contributed by atoms with Crippen LogP contribution in [0.2, 0.25) is 0 Å². The van der Waals surface area contributed by atoms with Crippen LogP contribution in [0.5, 0.6) is 0 Å². The highest BCUT2D eigenvalue weighted by atomic mass is 16.5. The van der Waals surface area contributed by atoms with Crippen LogP contribution in [-0.2, 0) is 4.74 Å². The molecule has 1 fully saturated rings. The zero-order valence-corrected chi connectivity index (χ0v) is 9.87. The van der Waals surface area contributed by atoms with E-state index < -0.39 is 0 Å². The van der Waals surface area contributed by atoms with E-state index in [0.29, 0.717) is 6.61 Å². The molecule has 2 nitrogen and oxygen atoms in total. The maximum Gasteiger partial charge on any atom is 0.0940 e. The number of aliphatic hydroxyl groups excluding tert-OH is 1. The zero-order valence-electron chi connectivity index (χ0n) is 9.87. The molecule has 0 saturated heterocycles. The van der Waals surface area contributed by atoms with Crippen molar-refractivity contribution in [3.05, 3.63) is 12.7 Å². The van der Waals surface area contributed by atoms with Crippen molar-refractivity contribution >= 4 is 0 Å². The van der Waals surface area contributed by atoms with Crippen LogP contribution in [0.3, 0.4) is 0 Å². The molecule has 1 atom stereocenters. The molecule has 0 aromatic carbocycles. The quantitative estimate of drug-likeness (QED) is 0.686. The maximum atomic E-state index is 10.2. The minimum Gasteiger partial charge on any atom is -0.390 e. The zero-order chi connectivity index (χ0) is 11.1. The maximum absolute atomic E-state index is 10.2. The van der Waals surface area contributed by atoms with Gasteiger partial charge in [-0.05, 0) is 32.6 Å². The molecule has 1 aliphatic rings. The summed E-state index contributed by atoms with van der Waals surface area (Å²) in [4.78, 5) is 0. The normalized spacial score (nSPS) is 22.3. The van der Waals surface area contributed by atoms with Crippen LogP contribution < -0.4 is 0 Å². The highest BCUT2D eigenvalue weighted by molar-refractivity contribution is 4.92. The molecule has 0 bridgehead atoms. The Balaban J connectivity index is 2.56. The Labute approximate surface area is 93.3 Å². The fourth-order valence-electron chi connectivity index (χ4n) is 2.55. The van der Waals surface area contributed by atoms with Gasteiger partial charge < -0.3 is 9.84 Å². The lowest BCUT2D eigenvalue weighted by Crippen LogP contribution is -2.46. The van der Waals surface area contributed by atoms with Gasteiger partial charge in [0.25, 0.3) is 0 Å². The van der Waals surface area contributed by atoms with E-state index in [2.05, 4.69) is 6.58 Å². The smallest absolute Gasteiger partial charge is 0.0940 e. The molecule has 0 aliphatic heterocycles. The first-order chi connectivity index (χ1) is 7.25. The Hall–Kier alpha value is -0.340. The van der Waals surface area contributed by atoms with E-state index in [1.807, 2.05) is 13.0 Å². The number of ether oxygens (including phenoxy) is 1. The third kappa shape index (κ3) is 3.32. The number of hydrogen-bond donors (Lipinski definition) is 1. The summed E-state index contributed by atoms with van der Waals surface area (Å²) >= 11 is 0. The van der Waals surface area contributed by atoms with Gasteiger partial charge in [-0.1, -0.05) is 25.3 Å². The first-order valence-electron chi connectivity index (χ1n) is 6.18. The van der Waals surface area contributed by atoms with Crippen LogP contribution in [-0.4, -0.2) is 23.4 Å². The molecular formula is C13H24O2. The van der Waals surface area contributed by atoms with Gasteiger partial charge in [0.15, 0.2) is 0 Å². The van der Waals surface area contributed by atoms with Crippen LogP contribution in [0, 0.1) is 0 Å². The van der Waals surface area contributed by atoms with Crippen molar-refractivity contribution in [2.75, 3.05) is 6.61 Å². The van der Waals surface area contributed by atoms with Gasteiger partial charge in [0.1, 0.15) is 0 Å². The van der Waals surface area contributed by atoms with Crippen molar-refractivity contribution in [1.29, 1.82) is 0 Å². The molecule has 1 saturated carbocycles. The van der Waals surface area contributed by atoms with Gasteiger partial charge in [-0.2, -0.15) is 0 Å². The summed E-state index contributed by atoms with van der Waals surface area (Å²) in [5, 5.41) is 10.2. The molecule has 1 aliphatic carbocycles. The highest BCUT2D eigenvalue weighted by Gasteiger charge is 2.39. The second-order valence-electron chi connectivity index (χ2n) is 4.44. The Kier molecular flexibility index (Phi) is 5.34. The molecule has 88 valence electrons. The average molecular weight is 212 g/mol. The van der Waals surface area contributed by atoms with Crippen LogP contribution >= 0.6 is 0 Å². The summed E-state index contributed by atoms with van der Waals surface area (Å²) in [7, 11) is 0. The monoisotopic (exact) mass is 212 g/mol. The Morgan fingerprint density at radius 3 is 2.60 bits per heavy atom. The predicted octanol–water partition coefficient (Wildman–Crippen LogP) is 3.05. The fourth-order valence-corrected chi connectivity index (χ4v) is 2.55. The van der Waals surface area contributed by atoms with Gasteiger partial charge >= 0.3 is 0 Å². The van der Waals surface area contributed by atoms with Crippen LogP contribution in [0.15, 0.2) is 12.7 Å². The van der Waals surface area contributed by atoms with Crippen molar-refractivity contribution in [2.45, 2.75) is 63.6 Å². The SMILES string of the molecule is C=CCCC(O)C1(OCC)CCCCC1. The number of rotatable bonds is 6. The van der Waals surface area contributed by atoms with Gasteiger partial charge in [-0.3, -0.25) is 0 Å². The summed E-state index contributed by atoms with van der Waals surface area (Å²) in [6.45, 7) is 6.40. The molecule has 1 rings (SSSR count). The minimum atomic E-state index is -0.323. The largest absolute Gasteiger partial charge is 0.390 e. The Bertz CT molecular complexity index is 177. The first-order valence-corrected chi connectivity index (χ1v) is 6.18. The number of aliphatic hydroxyl groups is 1.